The standard InChI is InChI=1S/C22H28N4O4/c27-18(14-26-8-5-16-3-1-2-4-17(16)13-26)12-23-22(28)20-11-21(25-15-24-20)30-19-6-9-29-10-7-19/h1-4,11,15,18-19,27H,5-10,12-14H2,(H,23,28). The number of nitrogens with one attached hydrogen (secondary N) is 1. The number of carbonyl (C=O) groups excluding carboxylic acids is 1. The fourth-order valence-corrected chi connectivity index (χ4v) is 3.87. The summed E-state index contributed by atoms with van der Waals surface area (Å²) in [6.07, 6.45) is 3.30. The topological polar surface area (TPSA) is 96.8 Å². The van der Waals surface area contributed by atoms with Crippen LogP contribution in [-0.2, 0) is 17.7 Å². The molecule has 8 heteroatoms. The summed E-state index contributed by atoms with van der Waals surface area (Å²) >= 11 is 0. The molecule has 2 aromatic rings. The van der Waals surface area contributed by atoms with Crippen LogP contribution in [0.4, 0.5) is 0 Å². The van der Waals surface area contributed by atoms with Crippen LogP contribution >= 0.6 is 0 Å². The van der Waals surface area contributed by atoms with Crippen molar-refractivity contribution in [2.75, 3.05) is 32.8 Å². The second kappa shape index (κ2) is 9.97. The zero-order valence-electron chi connectivity index (χ0n) is 17.0. The van der Waals surface area contributed by atoms with E-state index in [4.69, 9.17) is 9.47 Å². The second-order valence-corrected chi connectivity index (χ2v) is 7.79. The predicted molar refractivity (Wildman–Crippen MR) is 110 cm³/mol. The molecule has 2 N–H and O–H groups in total. The molecule has 2 aliphatic heterocycles. The zero-order valence-corrected chi connectivity index (χ0v) is 17.0. The van der Waals surface area contributed by atoms with E-state index >= 15 is 0 Å². The average molecular weight is 412 g/mol. The number of ether oxygens (including phenoxy) is 2. The first-order chi connectivity index (χ1) is 14.7. The molecule has 1 aromatic heterocycles. The summed E-state index contributed by atoms with van der Waals surface area (Å²) in [5.41, 5.74) is 2.91. The Bertz CT molecular complexity index is 857. The van der Waals surface area contributed by atoms with Crippen LogP contribution in [-0.4, -0.2) is 70.9 Å². The van der Waals surface area contributed by atoms with Crippen molar-refractivity contribution in [3.05, 3.63) is 53.5 Å². The van der Waals surface area contributed by atoms with Gasteiger partial charge in [-0.15, -0.1) is 0 Å². The number of aliphatic hydroxyl groups excluding tert-OH is 1. The Morgan fingerprint density at radius 2 is 2.07 bits per heavy atom. The molecular weight excluding hydrogens is 384 g/mol. The number of nitrogens with zero attached hydrogens (tertiary/aromatic N) is 3. The van der Waals surface area contributed by atoms with E-state index in [1.807, 2.05) is 6.07 Å². The quantitative estimate of drug-likeness (QED) is 0.705. The Labute approximate surface area is 176 Å². The molecular formula is C22H28N4O4. The van der Waals surface area contributed by atoms with Crippen LogP contribution in [0.2, 0.25) is 0 Å². The van der Waals surface area contributed by atoms with Crippen LogP contribution in [0, 0.1) is 0 Å². The average Bonchev–Trinajstić information content (AvgIpc) is 2.78. The molecule has 0 bridgehead atoms. The van der Waals surface area contributed by atoms with Gasteiger partial charge in [0.05, 0.1) is 19.3 Å². The largest absolute Gasteiger partial charge is 0.474 e. The summed E-state index contributed by atoms with van der Waals surface area (Å²) in [7, 11) is 0. The Kier molecular flexibility index (Phi) is 6.88. The predicted octanol–water partition coefficient (Wildman–Crippen LogP) is 1.18. The van der Waals surface area contributed by atoms with Gasteiger partial charge in [0.2, 0.25) is 5.88 Å². The van der Waals surface area contributed by atoms with Crippen molar-refractivity contribution in [2.24, 2.45) is 0 Å². The Morgan fingerprint density at radius 3 is 2.90 bits per heavy atom. The minimum Gasteiger partial charge on any atom is -0.474 e. The van der Waals surface area contributed by atoms with Crippen LogP contribution in [0.1, 0.15) is 34.5 Å². The van der Waals surface area contributed by atoms with E-state index in [1.165, 1.54) is 17.5 Å². The number of β-amino-alcohol motifs (C(OH)–C–C–N with tert-alkyl or cyclic N) is 1. The van der Waals surface area contributed by atoms with Crippen molar-refractivity contribution in [3.63, 3.8) is 0 Å². The van der Waals surface area contributed by atoms with E-state index in [0.717, 1.165) is 32.4 Å². The van der Waals surface area contributed by atoms with Crippen molar-refractivity contribution in [3.8, 4) is 5.88 Å². The van der Waals surface area contributed by atoms with Crippen LogP contribution in [0.25, 0.3) is 0 Å². The number of aliphatic hydroxyl groups is 1. The maximum absolute atomic E-state index is 12.4. The molecule has 1 aromatic carbocycles. The normalized spacial score (nSPS) is 18.4. The van der Waals surface area contributed by atoms with Crippen molar-refractivity contribution in [1.82, 2.24) is 20.2 Å². The van der Waals surface area contributed by atoms with Gasteiger partial charge in [0.25, 0.3) is 5.91 Å². The molecule has 0 radical (unpaired) electrons. The molecule has 1 unspecified atom stereocenters. The third-order valence-corrected chi connectivity index (χ3v) is 5.51. The highest BCUT2D eigenvalue weighted by Crippen LogP contribution is 2.18. The van der Waals surface area contributed by atoms with E-state index in [2.05, 4.69) is 38.4 Å². The number of hydrogen-bond donors (Lipinski definition) is 2. The number of hydrogen-bond acceptors (Lipinski definition) is 7. The lowest BCUT2D eigenvalue weighted by molar-refractivity contribution is 0.0236. The monoisotopic (exact) mass is 412 g/mol. The number of amides is 1. The molecule has 0 saturated carbocycles. The molecule has 0 aliphatic carbocycles. The van der Waals surface area contributed by atoms with Gasteiger partial charge in [0.15, 0.2) is 0 Å². The highest BCUT2D eigenvalue weighted by atomic mass is 16.5. The second-order valence-electron chi connectivity index (χ2n) is 7.79. The van der Waals surface area contributed by atoms with Crippen LogP contribution in [0.15, 0.2) is 36.7 Å². The third-order valence-electron chi connectivity index (χ3n) is 5.51. The Hall–Kier alpha value is -2.55. The van der Waals surface area contributed by atoms with E-state index in [0.29, 0.717) is 25.6 Å². The third kappa shape index (κ3) is 5.53. The number of fused-ring (bicyclic) bond motifs is 1. The van der Waals surface area contributed by atoms with Crippen molar-refractivity contribution in [1.29, 1.82) is 0 Å². The summed E-state index contributed by atoms with van der Waals surface area (Å²) in [6.45, 7) is 3.74. The van der Waals surface area contributed by atoms with Gasteiger partial charge in [-0.1, -0.05) is 24.3 Å². The van der Waals surface area contributed by atoms with Gasteiger partial charge in [-0.3, -0.25) is 9.69 Å². The van der Waals surface area contributed by atoms with Gasteiger partial charge in [-0.2, -0.15) is 0 Å². The SMILES string of the molecule is O=C(NCC(O)CN1CCc2ccccc2C1)c1cc(OC2CCOCC2)ncn1. The Morgan fingerprint density at radius 1 is 1.27 bits per heavy atom. The smallest absolute Gasteiger partial charge is 0.270 e. The highest BCUT2D eigenvalue weighted by molar-refractivity contribution is 5.92. The maximum Gasteiger partial charge on any atom is 0.270 e. The molecule has 3 heterocycles. The fraction of sp³-hybridized carbons (Fsp3) is 0.500. The van der Waals surface area contributed by atoms with Gasteiger partial charge in [-0.05, 0) is 17.5 Å². The minimum absolute atomic E-state index is 0.0426. The highest BCUT2D eigenvalue weighted by Gasteiger charge is 2.20. The van der Waals surface area contributed by atoms with E-state index in [1.54, 1.807) is 6.07 Å². The molecule has 1 fully saturated rings. The van der Waals surface area contributed by atoms with Crippen LogP contribution in [0.3, 0.4) is 0 Å². The van der Waals surface area contributed by atoms with E-state index < -0.39 is 6.10 Å². The number of aromatic nitrogens is 2. The van der Waals surface area contributed by atoms with E-state index in [9.17, 15) is 9.90 Å². The van der Waals surface area contributed by atoms with Crippen molar-refractivity contribution >= 4 is 5.91 Å². The molecule has 160 valence electrons. The minimum atomic E-state index is -0.654. The summed E-state index contributed by atoms with van der Waals surface area (Å²) in [5, 5.41) is 13.1. The number of carbonyl (C=O) groups is 1. The molecule has 1 saturated heterocycles. The maximum atomic E-state index is 12.4. The summed E-state index contributed by atoms with van der Waals surface area (Å²) in [4.78, 5) is 22.8. The van der Waals surface area contributed by atoms with Gasteiger partial charge in [-0.25, -0.2) is 9.97 Å². The Balaban J connectivity index is 1.24. The zero-order chi connectivity index (χ0) is 20.8. The van der Waals surface area contributed by atoms with Crippen LogP contribution in [0.5, 0.6) is 5.88 Å². The van der Waals surface area contributed by atoms with Crippen LogP contribution < -0.4 is 10.1 Å². The summed E-state index contributed by atoms with van der Waals surface area (Å²) < 4.78 is 11.2. The molecule has 2 aliphatic rings. The molecule has 1 atom stereocenters. The molecule has 30 heavy (non-hydrogen) atoms. The number of rotatable bonds is 7. The van der Waals surface area contributed by atoms with Gasteiger partial charge in [0, 0.05) is 45.1 Å². The summed E-state index contributed by atoms with van der Waals surface area (Å²) in [5.74, 6) is 0.0341. The summed E-state index contributed by atoms with van der Waals surface area (Å²) in [6, 6.07) is 9.93. The molecule has 8 nitrogen and oxygen atoms in total. The molecule has 4 rings (SSSR count). The molecule has 1 amide bonds. The van der Waals surface area contributed by atoms with Gasteiger partial charge in [0.1, 0.15) is 18.1 Å². The van der Waals surface area contributed by atoms with Crippen molar-refractivity contribution < 1.29 is 19.4 Å². The molecule has 0 spiro atoms. The first-order valence-electron chi connectivity index (χ1n) is 10.5. The first kappa shape index (κ1) is 20.7. The fourth-order valence-electron chi connectivity index (χ4n) is 3.87. The first-order valence-corrected chi connectivity index (χ1v) is 10.5. The van der Waals surface area contributed by atoms with Gasteiger partial charge < -0.3 is 19.9 Å². The number of benzene rings is 1. The van der Waals surface area contributed by atoms with E-state index in [-0.39, 0.29) is 24.2 Å². The van der Waals surface area contributed by atoms with Crippen molar-refractivity contribution in [2.45, 2.75) is 38.0 Å². The van der Waals surface area contributed by atoms with Gasteiger partial charge >= 0.3 is 0 Å². The lowest BCUT2D eigenvalue weighted by Gasteiger charge is -2.30. The lowest BCUT2D eigenvalue weighted by Crippen LogP contribution is -2.42. The lowest BCUT2D eigenvalue weighted by atomic mass is 10.00.